The van der Waals surface area contributed by atoms with Crippen LogP contribution in [0.5, 0.6) is 5.75 Å². The van der Waals surface area contributed by atoms with Crippen molar-refractivity contribution in [2.45, 2.75) is 32.4 Å². The van der Waals surface area contributed by atoms with Crippen molar-refractivity contribution in [3.63, 3.8) is 0 Å². The van der Waals surface area contributed by atoms with Crippen molar-refractivity contribution in [2.24, 2.45) is 0 Å². The fourth-order valence-electron chi connectivity index (χ4n) is 2.15. The highest BCUT2D eigenvalue weighted by Crippen LogP contribution is 2.28. The van der Waals surface area contributed by atoms with Gasteiger partial charge in [0.2, 0.25) is 0 Å². The van der Waals surface area contributed by atoms with Crippen molar-refractivity contribution < 1.29 is 19.1 Å². The molecule has 0 spiro atoms. The largest absolute Gasteiger partial charge is 0.496 e. The number of ether oxygens (including phenoxy) is 2. The van der Waals surface area contributed by atoms with Gasteiger partial charge < -0.3 is 19.7 Å². The summed E-state index contributed by atoms with van der Waals surface area (Å²) in [7, 11) is 1.55. The van der Waals surface area contributed by atoms with E-state index in [0.29, 0.717) is 28.9 Å². The van der Waals surface area contributed by atoms with Gasteiger partial charge in [0.1, 0.15) is 11.4 Å². The molecular weight excluding hydrogens is 364 g/mol. The van der Waals surface area contributed by atoms with Gasteiger partial charge in [0.25, 0.3) is 5.91 Å². The predicted octanol–water partition coefficient (Wildman–Crippen LogP) is 2.81. The zero-order valence-electron chi connectivity index (χ0n) is 13.7. The molecule has 1 N–H and O–H groups in total. The van der Waals surface area contributed by atoms with Crippen LogP contribution in [0.3, 0.4) is 0 Å². The van der Waals surface area contributed by atoms with Crippen LogP contribution in [0.4, 0.5) is 4.79 Å². The Hall–Kier alpha value is -1.76. The minimum atomic E-state index is -0.517. The van der Waals surface area contributed by atoms with E-state index in [-0.39, 0.29) is 18.0 Å². The number of nitrogens with zero attached hydrogens (tertiary/aromatic N) is 1. The number of halogens is 1. The molecule has 0 atom stereocenters. The van der Waals surface area contributed by atoms with E-state index >= 15 is 0 Å². The van der Waals surface area contributed by atoms with Crippen LogP contribution >= 0.6 is 15.9 Å². The number of methoxy groups -OCH3 is 1. The third-order valence-electron chi connectivity index (χ3n) is 3.30. The van der Waals surface area contributed by atoms with Gasteiger partial charge in [-0.3, -0.25) is 4.79 Å². The number of carbonyl (C=O) groups excluding carboxylic acids is 2. The summed E-state index contributed by atoms with van der Waals surface area (Å²) in [4.78, 5) is 25.7. The van der Waals surface area contributed by atoms with Gasteiger partial charge >= 0.3 is 6.09 Å². The zero-order chi connectivity index (χ0) is 17.2. The molecule has 0 aromatic heterocycles. The lowest BCUT2D eigenvalue weighted by Gasteiger charge is -2.40. The monoisotopic (exact) mass is 384 g/mol. The smallest absolute Gasteiger partial charge is 0.410 e. The highest BCUT2D eigenvalue weighted by atomic mass is 79.9. The Morgan fingerprint density at radius 3 is 2.52 bits per heavy atom. The summed E-state index contributed by atoms with van der Waals surface area (Å²) < 4.78 is 11.1. The first-order valence-corrected chi connectivity index (χ1v) is 8.12. The minimum Gasteiger partial charge on any atom is -0.496 e. The number of hydrogen-bond donors (Lipinski definition) is 1. The lowest BCUT2D eigenvalue weighted by molar-refractivity contribution is 0.00533. The van der Waals surface area contributed by atoms with E-state index in [1.54, 1.807) is 30.2 Å². The Kier molecular flexibility index (Phi) is 5.19. The van der Waals surface area contributed by atoms with Crippen LogP contribution in [0.2, 0.25) is 0 Å². The van der Waals surface area contributed by atoms with Crippen molar-refractivity contribution in [3.8, 4) is 5.75 Å². The van der Waals surface area contributed by atoms with Gasteiger partial charge in [0.15, 0.2) is 0 Å². The van der Waals surface area contributed by atoms with Crippen LogP contribution in [-0.4, -0.2) is 48.7 Å². The van der Waals surface area contributed by atoms with E-state index in [9.17, 15) is 9.59 Å². The Bertz CT molecular complexity index is 607. The maximum Gasteiger partial charge on any atom is 0.410 e. The summed E-state index contributed by atoms with van der Waals surface area (Å²) in [5.41, 5.74) is -0.0169. The third-order valence-corrected chi connectivity index (χ3v) is 4.11. The van der Waals surface area contributed by atoms with Gasteiger partial charge in [-0.05, 0) is 48.8 Å². The van der Waals surface area contributed by atoms with E-state index in [0.717, 1.165) is 0 Å². The van der Waals surface area contributed by atoms with E-state index < -0.39 is 5.60 Å². The molecule has 7 heteroatoms. The number of hydrogen-bond acceptors (Lipinski definition) is 4. The normalized spacial score (nSPS) is 14.9. The van der Waals surface area contributed by atoms with Gasteiger partial charge in [-0.25, -0.2) is 4.79 Å². The van der Waals surface area contributed by atoms with Crippen molar-refractivity contribution >= 4 is 27.9 Å². The number of carbonyl (C=O) groups is 2. The Morgan fingerprint density at radius 2 is 1.96 bits per heavy atom. The predicted molar refractivity (Wildman–Crippen MR) is 89.8 cm³/mol. The van der Waals surface area contributed by atoms with E-state index in [2.05, 4.69) is 21.2 Å². The molecule has 1 saturated heterocycles. The van der Waals surface area contributed by atoms with E-state index in [1.807, 2.05) is 20.8 Å². The maximum absolute atomic E-state index is 12.3. The van der Waals surface area contributed by atoms with Gasteiger partial charge in [0.05, 0.1) is 23.2 Å². The molecular formula is C16H21BrN2O4. The average molecular weight is 385 g/mol. The molecule has 0 saturated carbocycles. The molecule has 1 heterocycles. The second kappa shape index (κ2) is 6.78. The van der Waals surface area contributed by atoms with E-state index in [4.69, 9.17) is 9.47 Å². The van der Waals surface area contributed by atoms with Crippen molar-refractivity contribution in [3.05, 3.63) is 28.2 Å². The zero-order valence-corrected chi connectivity index (χ0v) is 15.3. The summed E-state index contributed by atoms with van der Waals surface area (Å²) in [6.45, 7) is 6.36. The van der Waals surface area contributed by atoms with Gasteiger partial charge in [-0.2, -0.15) is 0 Å². The highest BCUT2D eigenvalue weighted by Gasteiger charge is 2.34. The number of rotatable bonds is 3. The first-order chi connectivity index (χ1) is 10.7. The molecule has 1 aliphatic heterocycles. The van der Waals surface area contributed by atoms with Gasteiger partial charge in [-0.1, -0.05) is 6.07 Å². The van der Waals surface area contributed by atoms with Crippen LogP contribution in [0.25, 0.3) is 0 Å². The lowest BCUT2D eigenvalue weighted by atomic mass is 10.1. The lowest BCUT2D eigenvalue weighted by Crippen LogP contribution is -2.61. The summed E-state index contributed by atoms with van der Waals surface area (Å²) in [6, 6.07) is 5.17. The standard InChI is InChI=1S/C16H21BrN2O4/c1-16(2,3)23-15(21)19-8-10(9-19)18-14(20)11-6-5-7-12(22-4)13(11)17/h5-7,10H,8-9H2,1-4H3,(H,18,20). The quantitative estimate of drug-likeness (QED) is 0.869. The molecule has 0 unspecified atom stereocenters. The maximum atomic E-state index is 12.3. The fourth-order valence-corrected chi connectivity index (χ4v) is 2.76. The Labute approximate surface area is 144 Å². The molecule has 2 rings (SSSR count). The van der Waals surface area contributed by atoms with Crippen molar-refractivity contribution in [2.75, 3.05) is 20.2 Å². The van der Waals surface area contributed by atoms with Crippen LogP contribution in [0.1, 0.15) is 31.1 Å². The minimum absolute atomic E-state index is 0.0758. The molecule has 1 aliphatic rings. The molecule has 1 aromatic rings. The molecule has 6 nitrogen and oxygen atoms in total. The van der Waals surface area contributed by atoms with Crippen molar-refractivity contribution in [1.29, 1.82) is 0 Å². The fraction of sp³-hybridized carbons (Fsp3) is 0.500. The second-order valence-corrected chi connectivity index (χ2v) is 7.17. The summed E-state index contributed by atoms with van der Waals surface area (Å²) in [5, 5.41) is 2.90. The molecule has 0 radical (unpaired) electrons. The van der Waals surface area contributed by atoms with Crippen LogP contribution in [0, 0.1) is 0 Å². The van der Waals surface area contributed by atoms with Gasteiger partial charge in [0, 0.05) is 13.1 Å². The number of likely N-dealkylation sites (tertiary alicyclic amines) is 1. The summed E-state index contributed by atoms with van der Waals surface area (Å²) in [5.74, 6) is 0.395. The summed E-state index contributed by atoms with van der Waals surface area (Å²) in [6.07, 6.45) is -0.356. The van der Waals surface area contributed by atoms with Crippen LogP contribution < -0.4 is 10.1 Å². The third kappa shape index (κ3) is 4.37. The SMILES string of the molecule is COc1cccc(C(=O)NC2CN(C(=O)OC(C)(C)C)C2)c1Br. The van der Waals surface area contributed by atoms with Crippen molar-refractivity contribution in [1.82, 2.24) is 10.2 Å². The van der Waals surface area contributed by atoms with E-state index in [1.165, 1.54) is 0 Å². The molecule has 2 amide bonds. The molecule has 1 fully saturated rings. The molecule has 0 bridgehead atoms. The number of benzene rings is 1. The first kappa shape index (κ1) is 17.6. The number of amides is 2. The molecule has 0 aliphatic carbocycles. The highest BCUT2D eigenvalue weighted by molar-refractivity contribution is 9.10. The van der Waals surface area contributed by atoms with Gasteiger partial charge in [-0.15, -0.1) is 0 Å². The summed E-state index contributed by atoms with van der Waals surface area (Å²) >= 11 is 3.37. The number of nitrogens with one attached hydrogen (secondary N) is 1. The van der Waals surface area contributed by atoms with Crippen LogP contribution in [0.15, 0.2) is 22.7 Å². The van der Waals surface area contributed by atoms with Crippen LogP contribution in [-0.2, 0) is 4.74 Å². The molecule has 23 heavy (non-hydrogen) atoms. The topological polar surface area (TPSA) is 67.9 Å². The average Bonchev–Trinajstić information content (AvgIpc) is 2.40. The second-order valence-electron chi connectivity index (χ2n) is 6.38. The Morgan fingerprint density at radius 1 is 1.30 bits per heavy atom. The Balaban J connectivity index is 1.89. The molecule has 1 aromatic carbocycles. The first-order valence-electron chi connectivity index (χ1n) is 7.32. The molecule has 126 valence electrons.